The van der Waals surface area contributed by atoms with Gasteiger partial charge in [-0.3, -0.25) is 4.79 Å². The van der Waals surface area contributed by atoms with Crippen molar-refractivity contribution in [2.24, 2.45) is 0 Å². The molecular formula is C13H18O2. The number of rotatable bonds is 0. The molecule has 2 rings (SSSR count). The lowest BCUT2D eigenvalue weighted by Crippen LogP contribution is -2.12. The molecule has 2 heteroatoms. The van der Waals surface area contributed by atoms with Crippen molar-refractivity contribution in [1.82, 2.24) is 0 Å². The second-order valence-corrected chi connectivity index (χ2v) is 3.54. The number of fused-ring (bicyclic) bond motifs is 1. The second-order valence-electron chi connectivity index (χ2n) is 3.54. The first kappa shape index (κ1) is 11.8. The molecule has 0 spiro atoms. The van der Waals surface area contributed by atoms with Crippen LogP contribution in [0.1, 0.15) is 50.2 Å². The van der Waals surface area contributed by atoms with E-state index in [1.807, 2.05) is 32.9 Å². The molecule has 1 aliphatic carbocycles. The quantitative estimate of drug-likeness (QED) is 0.650. The van der Waals surface area contributed by atoms with Gasteiger partial charge in [0.05, 0.1) is 5.56 Å². The highest BCUT2D eigenvalue weighted by molar-refractivity contribution is 5.54. The molecular weight excluding hydrogens is 188 g/mol. The Hall–Kier alpha value is -1.31. The minimum Gasteiger partial charge on any atom is -0.465 e. The fourth-order valence-corrected chi connectivity index (χ4v) is 1.67. The Balaban J connectivity index is 0.000000531. The fourth-order valence-electron chi connectivity index (χ4n) is 1.67. The van der Waals surface area contributed by atoms with Gasteiger partial charge in [0, 0.05) is 12.0 Å². The zero-order chi connectivity index (χ0) is 11.4. The van der Waals surface area contributed by atoms with E-state index in [9.17, 15) is 4.79 Å². The van der Waals surface area contributed by atoms with Gasteiger partial charge in [-0.15, -0.1) is 0 Å². The predicted octanol–water partition coefficient (Wildman–Crippen LogP) is 3.49. The Morgan fingerprint density at radius 2 is 2.07 bits per heavy atom. The molecule has 0 amide bonds. The van der Waals surface area contributed by atoms with Crippen molar-refractivity contribution >= 4 is 6.08 Å². The standard InChI is InChI=1S/C11H12O2.C2H6/c1-7-4-3-5-9-10(12)6-8(2)13-11(7)9;1-2/h3,5-7H,4H2,1-2H3;1-2H3. The topological polar surface area (TPSA) is 30.2 Å². The summed E-state index contributed by atoms with van der Waals surface area (Å²) in [5.74, 6) is 1.87. The summed E-state index contributed by atoms with van der Waals surface area (Å²) in [6, 6.07) is 1.54. The Morgan fingerprint density at radius 1 is 1.40 bits per heavy atom. The summed E-state index contributed by atoms with van der Waals surface area (Å²) >= 11 is 0. The maximum Gasteiger partial charge on any atom is 0.192 e. The molecule has 1 aliphatic rings. The molecule has 1 aromatic rings. The van der Waals surface area contributed by atoms with Crippen LogP contribution in [0, 0.1) is 6.92 Å². The third kappa shape index (κ3) is 2.38. The molecule has 0 radical (unpaired) electrons. The van der Waals surface area contributed by atoms with Gasteiger partial charge in [0.1, 0.15) is 11.5 Å². The Labute approximate surface area is 90.6 Å². The molecule has 1 heterocycles. The first-order valence-electron chi connectivity index (χ1n) is 5.49. The van der Waals surface area contributed by atoms with Crippen molar-refractivity contribution < 1.29 is 4.42 Å². The van der Waals surface area contributed by atoms with Gasteiger partial charge in [-0.05, 0) is 13.3 Å². The third-order valence-corrected chi connectivity index (χ3v) is 2.36. The van der Waals surface area contributed by atoms with Crippen LogP contribution in [-0.4, -0.2) is 0 Å². The molecule has 1 aromatic heterocycles. The van der Waals surface area contributed by atoms with E-state index < -0.39 is 0 Å². The summed E-state index contributed by atoms with van der Waals surface area (Å²) in [4.78, 5) is 11.5. The van der Waals surface area contributed by atoms with Gasteiger partial charge in [-0.25, -0.2) is 0 Å². The van der Waals surface area contributed by atoms with Gasteiger partial charge in [0.25, 0.3) is 0 Å². The van der Waals surface area contributed by atoms with E-state index in [0.29, 0.717) is 11.7 Å². The normalized spacial score (nSPS) is 17.7. The van der Waals surface area contributed by atoms with E-state index in [1.54, 1.807) is 6.07 Å². The monoisotopic (exact) mass is 206 g/mol. The van der Waals surface area contributed by atoms with Gasteiger partial charge < -0.3 is 4.42 Å². The average molecular weight is 206 g/mol. The summed E-state index contributed by atoms with van der Waals surface area (Å²) in [5, 5.41) is 0. The Bertz CT molecular complexity index is 413. The molecule has 1 atom stereocenters. The van der Waals surface area contributed by atoms with Gasteiger partial charge in [-0.2, -0.15) is 0 Å². The first-order chi connectivity index (χ1) is 7.18. The van der Waals surface area contributed by atoms with Crippen LogP contribution in [0.2, 0.25) is 0 Å². The molecule has 0 saturated heterocycles. The van der Waals surface area contributed by atoms with E-state index in [2.05, 4.69) is 6.92 Å². The van der Waals surface area contributed by atoms with Crippen molar-refractivity contribution in [3.8, 4) is 0 Å². The minimum atomic E-state index is 0.0709. The zero-order valence-corrected chi connectivity index (χ0v) is 9.83. The molecule has 0 aromatic carbocycles. The van der Waals surface area contributed by atoms with Crippen LogP contribution >= 0.6 is 0 Å². The first-order valence-corrected chi connectivity index (χ1v) is 5.49. The third-order valence-electron chi connectivity index (χ3n) is 2.36. The van der Waals surface area contributed by atoms with Crippen LogP contribution in [0.5, 0.6) is 0 Å². The molecule has 0 aliphatic heterocycles. The Kier molecular flexibility index (Phi) is 3.89. The van der Waals surface area contributed by atoms with Crippen molar-refractivity contribution in [3.05, 3.63) is 39.4 Å². The van der Waals surface area contributed by atoms with E-state index in [-0.39, 0.29) is 5.43 Å². The Morgan fingerprint density at radius 3 is 2.73 bits per heavy atom. The maximum atomic E-state index is 11.5. The summed E-state index contributed by atoms with van der Waals surface area (Å²) in [7, 11) is 0. The molecule has 0 N–H and O–H groups in total. The largest absolute Gasteiger partial charge is 0.465 e. The lowest BCUT2D eigenvalue weighted by atomic mass is 9.94. The van der Waals surface area contributed by atoms with Gasteiger partial charge >= 0.3 is 0 Å². The van der Waals surface area contributed by atoms with Crippen molar-refractivity contribution in [2.75, 3.05) is 0 Å². The van der Waals surface area contributed by atoms with Crippen LogP contribution in [0.4, 0.5) is 0 Å². The highest BCUT2D eigenvalue weighted by Gasteiger charge is 2.17. The van der Waals surface area contributed by atoms with Crippen LogP contribution < -0.4 is 5.43 Å². The van der Waals surface area contributed by atoms with Gasteiger partial charge in [0.15, 0.2) is 5.43 Å². The predicted molar refractivity (Wildman–Crippen MR) is 63.1 cm³/mol. The number of hydrogen-bond donors (Lipinski definition) is 0. The summed E-state index contributed by atoms with van der Waals surface area (Å²) in [6.45, 7) is 7.89. The number of aryl methyl sites for hydroxylation is 1. The SMILES string of the molecule is CC.Cc1cc(=O)c2c(o1)C(C)CC=C2. The molecule has 15 heavy (non-hydrogen) atoms. The van der Waals surface area contributed by atoms with E-state index in [0.717, 1.165) is 17.7 Å². The van der Waals surface area contributed by atoms with Crippen LogP contribution in [-0.2, 0) is 0 Å². The average Bonchev–Trinajstić information content (AvgIpc) is 2.23. The maximum absolute atomic E-state index is 11.5. The molecule has 0 fully saturated rings. The summed E-state index contributed by atoms with van der Waals surface area (Å²) in [5.41, 5.74) is 0.797. The molecule has 0 saturated carbocycles. The highest BCUT2D eigenvalue weighted by atomic mass is 16.3. The smallest absolute Gasteiger partial charge is 0.192 e. The molecule has 1 unspecified atom stereocenters. The minimum absolute atomic E-state index is 0.0709. The van der Waals surface area contributed by atoms with Crippen LogP contribution in [0.3, 0.4) is 0 Å². The van der Waals surface area contributed by atoms with E-state index in [4.69, 9.17) is 4.42 Å². The van der Waals surface area contributed by atoms with Crippen molar-refractivity contribution in [1.29, 1.82) is 0 Å². The zero-order valence-electron chi connectivity index (χ0n) is 9.83. The lowest BCUT2D eigenvalue weighted by molar-refractivity contribution is 0.431. The van der Waals surface area contributed by atoms with Gasteiger partial charge in [-0.1, -0.05) is 32.9 Å². The van der Waals surface area contributed by atoms with Crippen molar-refractivity contribution in [3.63, 3.8) is 0 Å². The second kappa shape index (κ2) is 4.96. The van der Waals surface area contributed by atoms with Gasteiger partial charge in [0.2, 0.25) is 0 Å². The lowest BCUT2D eigenvalue weighted by Gasteiger charge is -2.15. The van der Waals surface area contributed by atoms with Crippen molar-refractivity contribution in [2.45, 2.75) is 40.0 Å². The summed E-state index contributed by atoms with van der Waals surface area (Å²) < 4.78 is 5.54. The molecule has 2 nitrogen and oxygen atoms in total. The van der Waals surface area contributed by atoms with E-state index >= 15 is 0 Å². The molecule has 0 bridgehead atoms. The number of hydrogen-bond acceptors (Lipinski definition) is 2. The summed E-state index contributed by atoms with van der Waals surface area (Å²) in [6.07, 6.45) is 4.85. The molecule has 82 valence electrons. The number of allylic oxidation sites excluding steroid dienone is 1. The van der Waals surface area contributed by atoms with Crippen LogP contribution in [0.15, 0.2) is 21.4 Å². The van der Waals surface area contributed by atoms with Crippen LogP contribution in [0.25, 0.3) is 6.08 Å². The highest BCUT2D eigenvalue weighted by Crippen LogP contribution is 2.27. The fraction of sp³-hybridized carbons (Fsp3) is 0.462. The van der Waals surface area contributed by atoms with E-state index in [1.165, 1.54) is 0 Å².